The molecule has 0 spiro atoms. The lowest BCUT2D eigenvalue weighted by Crippen LogP contribution is -2.23. The Hall–Kier alpha value is -1.52. The predicted octanol–water partition coefficient (Wildman–Crippen LogP) is 3.50. The normalized spacial score (nSPS) is 17.3. The van der Waals surface area contributed by atoms with E-state index in [2.05, 4.69) is 36.1 Å². The summed E-state index contributed by atoms with van der Waals surface area (Å²) in [5.74, 6) is 1.94. The van der Waals surface area contributed by atoms with Crippen LogP contribution in [0.1, 0.15) is 65.1 Å². The van der Waals surface area contributed by atoms with Gasteiger partial charge in [-0.15, -0.1) is 0 Å². The van der Waals surface area contributed by atoms with Crippen molar-refractivity contribution in [1.29, 1.82) is 0 Å². The molecule has 0 unspecified atom stereocenters. The lowest BCUT2D eigenvalue weighted by Gasteiger charge is -2.23. The Bertz CT molecular complexity index is 474. The van der Waals surface area contributed by atoms with Gasteiger partial charge < -0.3 is 15.8 Å². The molecule has 21 heavy (non-hydrogen) atoms. The van der Waals surface area contributed by atoms with Crippen LogP contribution in [0.3, 0.4) is 0 Å². The number of rotatable bonds is 3. The molecule has 1 aromatic rings. The number of hydrogen-bond donors (Lipinski definition) is 2. The van der Waals surface area contributed by atoms with Crippen LogP contribution in [-0.4, -0.2) is 23.1 Å². The van der Waals surface area contributed by atoms with Gasteiger partial charge in [0.2, 0.25) is 5.88 Å². The van der Waals surface area contributed by atoms with Crippen LogP contribution < -0.4 is 15.8 Å². The van der Waals surface area contributed by atoms with E-state index < -0.39 is 0 Å². The van der Waals surface area contributed by atoms with Crippen LogP contribution in [0.5, 0.6) is 5.88 Å². The van der Waals surface area contributed by atoms with Crippen molar-refractivity contribution in [3.63, 3.8) is 0 Å². The van der Waals surface area contributed by atoms with E-state index >= 15 is 0 Å². The summed E-state index contributed by atoms with van der Waals surface area (Å²) in [6, 6.07) is 0.447. The Labute approximate surface area is 127 Å². The minimum Gasteiger partial charge on any atom is -0.479 e. The molecule has 1 aliphatic rings. The summed E-state index contributed by atoms with van der Waals surface area (Å²) < 4.78 is 5.32. The minimum atomic E-state index is -0.138. The number of nitrogen functional groups attached to an aromatic ring is 1. The van der Waals surface area contributed by atoms with E-state index in [0.717, 1.165) is 11.6 Å². The zero-order chi connectivity index (χ0) is 15.5. The van der Waals surface area contributed by atoms with Gasteiger partial charge in [0.15, 0.2) is 5.82 Å². The Balaban J connectivity index is 2.28. The fraction of sp³-hybridized carbons (Fsp3) is 0.750. The highest BCUT2D eigenvalue weighted by atomic mass is 16.5. The van der Waals surface area contributed by atoms with Gasteiger partial charge in [0.25, 0.3) is 0 Å². The van der Waals surface area contributed by atoms with Crippen molar-refractivity contribution >= 4 is 11.5 Å². The standard InChI is InChI=1S/C16H28N4O/c1-16(2,3)15-19-13(12(17)14(20-15)21-4)18-11-9-7-5-6-8-10-11/h11H,5-10,17H2,1-4H3,(H,18,19,20). The van der Waals surface area contributed by atoms with Crippen molar-refractivity contribution in [2.75, 3.05) is 18.2 Å². The van der Waals surface area contributed by atoms with Gasteiger partial charge in [0.05, 0.1) is 7.11 Å². The van der Waals surface area contributed by atoms with Crippen LogP contribution in [0.15, 0.2) is 0 Å². The van der Waals surface area contributed by atoms with Crippen molar-refractivity contribution in [2.45, 2.75) is 70.8 Å². The number of nitrogens with two attached hydrogens (primary N) is 1. The molecule has 1 aliphatic carbocycles. The molecular weight excluding hydrogens is 264 g/mol. The van der Waals surface area contributed by atoms with Gasteiger partial charge in [-0.05, 0) is 12.8 Å². The third kappa shape index (κ3) is 3.99. The van der Waals surface area contributed by atoms with Crippen LogP contribution in [-0.2, 0) is 5.41 Å². The highest BCUT2D eigenvalue weighted by Gasteiger charge is 2.23. The Morgan fingerprint density at radius 1 is 1.10 bits per heavy atom. The highest BCUT2D eigenvalue weighted by molar-refractivity contribution is 5.67. The molecule has 5 heteroatoms. The third-order valence-electron chi connectivity index (χ3n) is 3.97. The second-order valence-corrected chi connectivity index (χ2v) is 6.90. The minimum absolute atomic E-state index is 0.138. The van der Waals surface area contributed by atoms with Gasteiger partial charge in [-0.25, -0.2) is 4.98 Å². The van der Waals surface area contributed by atoms with Crippen LogP contribution in [0, 0.1) is 0 Å². The molecule has 0 bridgehead atoms. The van der Waals surface area contributed by atoms with Crippen LogP contribution in [0.2, 0.25) is 0 Å². The van der Waals surface area contributed by atoms with Gasteiger partial charge in [-0.2, -0.15) is 4.98 Å². The van der Waals surface area contributed by atoms with Gasteiger partial charge in [0.1, 0.15) is 11.5 Å². The molecule has 1 heterocycles. The second-order valence-electron chi connectivity index (χ2n) is 6.90. The van der Waals surface area contributed by atoms with E-state index in [1.54, 1.807) is 7.11 Å². The van der Waals surface area contributed by atoms with E-state index in [9.17, 15) is 0 Å². The number of ether oxygens (including phenoxy) is 1. The summed E-state index contributed by atoms with van der Waals surface area (Å²) >= 11 is 0. The van der Waals surface area contributed by atoms with Crippen LogP contribution in [0.25, 0.3) is 0 Å². The Morgan fingerprint density at radius 3 is 2.24 bits per heavy atom. The van der Waals surface area contributed by atoms with Crippen molar-refractivity contribution in [1.82, 2.24) is 9.97 Å². The average Bonchev–Trinajstić information content (AvgIpc) is 2.68. The summed E-state index contributed by atoms with van der Waals surface area (Å²) in [6.45, 7) is 6.27. The lowest BCUT2D eigenvalue weighted by molar-refractivity contribution is 0.391. The van der Waals surface area contributed by atoms with Crippen molar-refractivity contribution in [3.05, 3.63) is 5.82 Å². The molecule has 0 amide bonds. The number of methoxy groups -OCH3 is 1. The Morgan fingerprint density at radius 2 is 1.71 bits per heavy atom. The first-order valence-electron chi connectivity index (χ1n) is 7.90. The summed E-state index contributed by atoms with van der Waals surface area (Å²) in [6.07, 6.45) is 7.55. The van der Waals surface area contributed by atoms with Crippen molar-refractivity contribution in [3.8, 4) is 5.88 Å². The number of nitrogens with zero attached hydrogens (tertiary/aromatic N) is 2. The van der Waals surface area contributed by atoms with E-state index in [0.29, 0.717) is 17.6 Å². The molecule has 0 aromatic carbocycles. The lowest BCUT2D eigenvalue weighted by atomic mass is 9.95. The van der Waals surface area contributed by atoms with Gasteiger partial charge >= 0.3 is 0 Å². The maximum atomic E-state index is 6.15. The number of hydrogen-bond acceptors (Lipinski definition) is 5. The monoisotopic (exact) mass is 292 g/mol. The molecule has 2 rings (SSSR count). The third-order valence-corrected chi connectivity index (χ3v) is 3.97. The molecule has 0 saturated heterocycles. The van der Waals surface area contributed by atoms with E-state index in [1.165, 1.54) is 38.5 Å². The molecule has 3 N–H and O–H groups in total. The summed E-state index contributed by atoms with van der Waals surface area (Å²) in [4.78, 5) is 9.09. The molecular formula is C16H28N4O. The molecule has 1 aromatic heterocycles. The molecule has 0 atom stereocenters. The molecule has 118 valence electrons. The van der Waals surface area contributed by atoms with Crippen molar-refractivity contribution < 1.29 is 4.74 Å². The summed E-state index contributed by atoms with van der Waals surface area (Å²) in [7, 11) is 1.60. The number of anilines is 2. The molecule has 1 fully saturated rings. The molecule has 0 aliphatic heterocycles. The summed E-state index contributed by atoms with van der Waals surface area (Å²) in [5, 5.41) is 3.52. The Kier molecular flexibility index (Phi) is 4.91. The van der Waals surface area contributed by atoms with Gasteiger partial charge in [0, 0.05) is 11.5 Å². The van der Waals surface area contributed by atoms with Gasteiger partial charge in [-0.3, -0.25) is 0 Å². The predicted molar refractivity (Wildman–Crippen MR) is 86.8 cm³/mol. The molecule has 0 radical (unpaired) electrons. The highest BCUT2D eigenvalue weighted by Crippen LogP contribution is 2.31. The molecule has 5 nitrogen and oxygen atoms in total. The number of aromatic nitrogens is 2. The first-order chi connectivity index (χ1) is 9.91. The van der Waals surface area contributed by atoms with E-state index in [4.69, 9.17) is 10.5 Å². The fourth-order valence-corrected chi connectivity index (χ4v) is 2.67. The second kappa shape index (κ2) is 6.50. The maximum absolute atomic E-state index is 6.15. The fourth-order valence-electron chi connectivity index (χ4n) is 2.67. The molecule has 1 saturated carbocycles. The van der Waals surface area contributed by atoms with Gasteiger partial charge in [-0.1, -0.05) is 46.5 Å². The average molecular weight is 292 g/mol. The smallest absolute Gasteiger partial charge is 0.242 e. The maximum Gasteiger partial charge on any atom is 0.242 e. The van der Waals surface area contributed by atoms with Crippen LogP contribution >= 0.6 is 0 Å². The van der Waals surface area contributed by atoms with E-state index in [-0.39, 0.29) is 5.41 Å². The zero-order valence-electron chi connectivity index (χ0n) is 13.7. The van der Waals surface area contributed by atoms with Crippen molar-refractivity contribution in [2.24, 2.45) is 0 Å². The summed E-state index contributed by atoms with van der Waals surface area (Å²) in [5.41, 5.74) is 6.52. The van der Waals surface area contributed by atoms with Crippen LogP contribution in [0.4, 0.5) is 11.5 Å². The quantitative estimate of drug-likeness (QED) is 0.834. The number of nitrogens with one attached hydrogen (secondary N) is 1. The first kappa shape index (κ1) is 15.9. The zero-order valence-corrected chi connectivity index (χ0v) is 13.7. The SMILES string of the molecule is COc1nc(C(C)(C)C)nc(NC2CCCCCC2)c1N. The topological polar surface area (TPSA) is 73.1 Å². The first-order valence-corrected chi connectivity index (χ1v) is 7.90. The van der Waals surface area contributed by atoms with E-state index in [1.807, 2.05) is 0 Å². The largest absolute Gasteiger partial charge is 0.479 e.